The Hall–Kier alpha value is -2.50. The smallest absolute Gasteiger partial charge is 0.416 e. The second-order valence-electron chi connectivity index (χ2n) is 6.95. The van der Waals surface area contributed by atoms with Crippen LogP contribution in [0.1, 0.15) is 17.5 Å². The number of para-hydroxylation sites is 1. The Balaban J connectivity index is 0.00000512. The number of halogens is 4. The van der Waals surface area contributed by atoms with Gasteiger partial charge in [0.05, 0.1) is 25.3 Å². The van der Waals surface area contributed by atoms with Crippen molar-refractivity contribution in [1.82, 2.24) is 15.5 Å². The second-order valence-corrected chi connectivity index (χ2v) is 6.95. The minimum Gasteiger partial charge on any atom is -0.494 e. The lowest BCUT2D eigenvalue weighted by atomic mass is 10.1. The molecule has 32 heavy (non-hydrogen) atoms. The van der Waals surface area contributed by atoms with Crippen LogP contribution in [0.3, 0.4) is 0 Å². The van der Waals surface area contributed by atoms with Crippen LogP contribution in [0.25, 0.3) is 0 Å². The van der Waals surface area contributed by atoms with Gasteiger partial charge in [-0.05, 0) is 36.2 Å². The summed E-state index contributed by atoms with van der Waals surface area (Å²) in [6.07, 6.45) is -3.74. The molecule has 0 aliphatic rings. The van der Waals surface area contributed by atoms with Crippen molar-refractivity contribution in [2.45, 2.75) is 19.1 Å². The van der Waals surface area contributed by atoms with E-state index >= 15 is 0 Å². The largest absolute Gasteiger partial charge is 0.494 e. The Morgan fingerprint density at radius 2 is 1.78 bits per heavy atom. The molecule has 10 heteroatoms. The molecule has 2 aromatic carbocycles. The number of rotatable bonds is 9. The maximum Gasteiger partial charge on any atom is 0.416 e. The van der Waals surface area contributed by atoms with Crippen LogP contribution in [0.4, 0.5) is 13.2 Å². The monoisotopic (exact) mass is 564 g/mol. The molecule has 0 spiro atoms. The van der Waals surface area contributed by atoms with Gasteiger partial charge in [0.1, 0.15) is 5.75 Å². The molecule has 2 aromatic rings. The van der Waals surface area contributed by atoms with Gasteiger partial charge < -0.3 is 20.3 Å². The molecule has 0 saturated heterocycles. The third kappa shape index (κ3) is 10.2. The quantitative estimate of drug-likeness (QED) is 0.210. The van der Waals surface area contributed by atoms with Crippen molar-refractivity contribution in [3.63, 3.8) is 0 Å². The standard InChI is InChI=1S/C22H27F3N4O2.HI/c1-29(2)20(30)16-28-21(26-12-7-13-31-19-10-4-3-5-11-19)27-15-17-8-6-9-18(14-17)22(23,24)25;/h3-6,8-11,14H,7,12-13,15-16H2,1-2H3,(H2,26,27,28);1H. The van der Waals surface area contributed by atoms with Crippen molar-refractivity contribution in [1.29, 1.82) is 0 Å². The summed E-state index contributed by atoms with van der Waals surface area (Å²) < 4.78 is 44.3. The molecule has 0 aliphatic heterocycles. The van der Waals surface area contributed by atoms with Gasteiger partial charge in [0.25, 0.3) is 0 Å². The lowest BCUT2D eigenvalue weighted by molar-refractivity contribution is -0.137. The summed E-state index contributed by atoms with van der Waals surface area (Å²) >= 11 is 0. The fraction of sp³-hybridized carbons (Fsp3) is 0.364. The summed E-state index contributed by atoms with van der Waals surface area (Å²) in [4.78, 5) is 17.6. The summed E-state index contributed by atoms with van der Waals surface area (Å²) in [6.45, 7) is 1.05. The third-order valence-corrected chi connectivity index (χ3v) is 4.21. The zero-order chi connectivity index (χ0) is 22.7. The Bertz CT molecular complexity index is 862. The first-order chi connectivity index (χ1) is 14.8. The topological polar surface area (TPSA) is 66.0 Å². The molecule has 0 saturated carbocycles. The van der Waals surface area contributed by atoms with Crippen LogP contribution in [0.5, 0.6) is 5.75 Å². The number of carbonyl (C=O) groups excluding carboxylic acids is 1. The van der Waals surface area contributed by atoms with E-state index in [1.807, 2.05) is 30.3 Å². The van der Waals surface area contributed by atoms with Gasteiger partial charge in [-0.1, -0.05) is 30.3 Å². The molecule has 176 valence electrons. The molecule has 2 N–H and O–H groups in total. The average molecular weight is 564 g/mol. The second kappa shape index (κ2) is 13.8. The van der Waals surface area contributed by atoms with Crippen LogP contribution >= 0.6 is 24.0 Å². The predicted octanol–water partition coefficient (Wildman–Crippen LogP) is 3.92. The molecule has 0 fully saturated rings. The molecule has 1 amide bonds. The van der Waals surface area contributed by atoms with E-state index in [0.717, 1.165) is 17.9 Å². The Labute approximate surface area is 203 Å². The summed E-state index contributed by atoms with van der Waals surface area (Å²) in [6, 6.07) is 14.4. The van der Waals surface area contributed by atoms with Crippen LogP contribution in [-0.4, -0.2) is 50.6 Å². The van der Waals surface area contributed by atoms with Crippen molar-refractivity contribution in [2.24, 2.45) is 4.99 Å². The number of alkyl halides is 3. The van der Waals surface area contributed by atoms with E-state index < -0.39 is 11.7 Å². The number of amides is 1. The highest BCUT2D eigenvalue weighted by Crippen LogP contribution is 2.29. The number of aliphatic imine (C=N–C) groups is 1. The van der Waals surface area contributed by atoms with Crippen molar-refractivity contribution in [3.8, 4) is 5.75 Å². The zero-order valence-electron chi connectivity index (χ0n) is 18.0. The van der Waals surface area contributed by atoms with Crippen molar-refractivity contribution < 1.29 is 22.7 Å². The normalized spacial score (nSPS) is 11.3. The molecule has 0 aliphatic carbocycles. The van der Waals surface area contributed by atoms with Crippen LogP contribution in [-0.2, 0) is 17.5 Å². The Kier molecular flexibility index (Phi) is 11.9. The van der Waals surface area contributed by atoms with Crippen LogP contribution in [0, 0.1) is 0 Å². The van der Waals surface area contributed by atoms with Gasteiger partial charge in [0, 0.05) is 20.6 Å². The first-order valence-electron chi connectivity index (χ1n) is 9.82. The Morgan fingerprint density at radius 3 is 2.44 bits per heavy atom. The van der Waals surface area contributed by atoms with Gasteiger partial charge in [-0.2, -0.15) is 13.2 Å². The number of nitrogens with one attached hydrogen (secondary N) is 2. The number of likely N-dealkylation sites (N-methyl/N-ethyl adjacent to an activating group) is 1. The highest BCUT2D eigenvalue weighted by Gasteiger charge is 2.30. The van der Waals surface area contributed by atoms with E-state index in [-0.39, 0.29) is 43.0 Å². The molecular formula is C22H28F3IN4O2. The molecule has 2 rings (SSSR count). The summed E-state index contributed by atoms with van der Waals surface area (Å²) in [5, 5.41) is 5.99. The molecule has 0 atom stereocenters. The number of hydrogen-bond acceptors (Lipinski definition) is 3. The van der Waals surface area contributed by atoms with Crippen molar-refractivity contribution in [2.75, 3.05) is 33.8 Å². The third-order valence-electron chi connectivity index (χ3n) is 4.21. The fourth-order valence-electron chi connectivity index (χ4n) is 2.49. The van der Waals surface area contributed by atoms with Gasteiger partial charge in [-0.15, -0.1) is 24.0 Å². The SMILES string of the molecule is CN(C)C(=O)CNC(=NCc1cccc(C(F)(F)F)c1)NCCCOc1ccccc1.I. The van der Waals surface area contributed by atoms with E-state index in [1.165, 1.54) is 11.0 Å². The average Bonchev–Trinajstić information content (AvgIpc) is 2.74. The van der Waals surface area contributed by atoms with Crippen LogP contribution in [0.2, 0.25) is 0 Å². The molecular weight excluding hydrogens is 536 g/mol. The minimum atomic E-state index is -4.41. The van der Waals surface area contributed by atoms with Gasteiger partial charge in [0.2, 0.25) is 5.91 Å². The summed E-state index contributed by atoms with van der Waals surface area (Å²) in [5.41, 5.74) is -0.300. The minimum absolute atomic E-state index is 0. The maximum atomic E-state index is 12.9. The fourth-order valence-corrected chi connectivity index (χ4v) is 2.49. The number of nitrogens with zero attached hydrogens (tertiary/aromatic N) is 2. The lowest BCUT2D eigenvalue weighted by Crippen LogP contribution is -2.43. The number of guanidine groups is 1. The zero-order valence-corrected chi connectivity index (χ0v) is 20.3. The van der Waals surface area contributed by atoms with E-state index in [4.69, 9.17) is 4.74 Å². The van der Waals surface area contributed by atoms with Crippen molar-refractivity contribution in [3.05, 3.63) is 65.7 Å². The first-order valence-corrected chi connectivity index (χ1v) is 9.82. The molecule has 0 aromatic heterocycles. The van der Waals surface area contributed by atoms with E-state index in [2.05, 4.69) is 15.6 Å². The van der Waals surface area contributed by atoms with Crippen LogP contribution in [0.15, 0.2) is 59.6 Å². The first kappa shape index (κ1) is 27.5. The lowest BCUT2D eigenvalue weighted by Gasteiger charge is -2.15. The molecule has 0 unspecified atom stereocenters. The number of carbonyl (C=O) groups is 1. The van der Waals surface area contributed by atoms with E-state index in [9.17, 15) is 18.0 Å². The number of benzene rings is 2. The van der Waals surface area contributed by atoms with Crippen LogP contribution < -0.4 is 15.4 Å². The molecule has 0 heterocycles. The number of ether oxygens (including phenoxy) is 1. The van der Waals surface area contributed by atoms with Gasteiger partial charge in [-0.25, -0.2) is 4.99 Å². The van der Waals surface area contributed by atoms with Gasteiger partial charge in [-0.3, -0.25) is 4.79 Å². The molecule has 0 radical (unpaired) electrons. The molecule has 6 nitrogen and oxygen atoms in total. The van der Waals surface area contributed by atoms with Gasteiger partial charge >= 0.3 is 6.18 Å². The highest BCUT2D eigenvalue weighted by molar-refractivity contribution is 14.0. The summed E-state index contributed by atoms with van der Waals surface area (Å²) in [7, 11) is 3.27. The number of hydrogen-bond donors (Lipinski definition) is 2. The van der Waals surface area contributed by atoms with E-state index in [0.29, 0.717) is 31.1 Å². The van der Waals surface area contributed by atoms with Gasteiger partial charge in [0.15, 0.2) is 5.96 Å². The van der Waals surface area contributed by atoms with E-state index in [1.54, 1.807) is 20.2 Å². The Morgan fingerprint density at radius 1 is 1.06 bits per heavy atom. The maximum absolute atomic E-state index is 12.9. The summed E-state index contributed by atoms with van der Waals surface area (Å²) in [5.74, 6) is 0.962. The highest BCUT2D eigenvalue weighted by atomic mass is 127. The predicted molar refractivity (Wildman–Crippen MR) is 129 cm³/mol. The molecule has 0 bridgehead atoms. The van der Waals surface area contributed by atoms with Crippen molar-refractivity contribution >= 4 is 35.8 Å².